The molecule has 2 rings (SSSR count). The van der Waals surface area contributed by atoms with Crippen molar-refractivity contribution >= 4 is 5.69 Å². The zero-order chi connectivity index (χ0) is 11.5. The van der Waals surface area contributed by atoms with Crippen LogP contribution in [0.4, 0.5) is 5.69 Å². The number of hydrogen-bond acceptors (Lipinski definition) is 5. The van der Waals surface area contributed by atoms with Crippen LogP contribution in [0.1, 0.15) is 0 Å². The van der Waals surface area contributed by atoms with Gasteiger partial charge < -0.3 is 9.64 Å². The normalized spacial score (nSPS) is 22.2. The Hall–Kier alpha value is -1.47. The van der Waals surface area contributed by atoms with Crippen molar-refractivity contribution in [1.82, 2.24) is 14.7 Å². The third kappa shape index (κ3) is 2.56. The second-order valence-corrected chi connectivity index (χ2v) is 3.93. The maximum atomic E-state index is 10.5. The molecule has 1 fully saturated rings. The first kappa shape index (κ1) is 11.0. The molecule has 1 atom stereocenters. The van der Waals surface area contributed by atoms with Crippen LogP contribution in [-0.2, 0) is 11.3 Å². The van der Waals surface area contributed by atoms with Crippen LogP contribution in [0.15, 0.2) is 12.4 Å². The molecule has 0 radical (unpaired) electrons. The van der Waals surface area contributed by atoms with Crippen molar-refractivity contribution in [2.75, 3.05) is 26.7 Å². The Kier molecular flexibility index (Phi) is 3.16. The Bertz CT molecular complexity index is 379. The molecule has 0 aliphatic carbocycles. The second kappa shape index (κ2) is 4.58. The molecule has 7 nitrogen and oxygen atoms in total. The van der Waals surface area contributed by atoms with Gasteiger partial charge in [0.25, 0.3) is 0 Å². The molecule has 0 saturated carbocycles. The third-order valence-electron chi connectivity index (χ3n) is 2.56. The fourth-order valence-corrected chi connectivity index (χ4v) is 1.73. The van der Waals surface area contributed by atoms with Gasteiger partial charge in [-0.3, -0.25) is 14.8 Å². The van der Waals surface area contributed by atoms with E-state index in [0.29, 0.717) is 13.2 Å². The molecule has 1 aromatic rings. The van der Waals surface area contributed by atoms with E-state index in [9.17, 15) is 10.1 Å². The molecule has 1 saturated heterocycles. The van der Waals surface area contributed by atoms with Crippen LogP contribution in [-0.4, -0.2) is 52.5 Å². The molecule has 16 heavy (non-hydrogen) atoms. The number of ether oxygens (including phenoxy) is 1. The van der Waals surface area contributed by atoms with Gasteiger partial charge in [0.2, 0.25) is 0 Å². The number of nitrogens with zero attached hydrogens (tertiary/aromatic N) is 4. The lowest BCUT2D eigenvalue weighted by Crippen LogP contribution is -2.42. The summed E-state index contributed by atoms with van der Waals surface area (Å²) >= 11 is 0. The lowest BCUT2D eigenvalue weighted by molar-refractivity contribution is -0.385. The number of rotatable bonds is 3. The van der Waals surface area contributed by atoms with E-state index in [2.05, 4.69) is 10.00 Å². The lowest BCUT2D eigenvalue weighted by Gasteiger charge is -2.29. The quantitative estimate of drug-likeness (QED) is 0.540. The zero-order valence-corrected chi connectivity index (χ0v) is 9.07. The van der Waals surface area contributed by atoms with Gasteiger partial charge in [-0.15, -0.1) is 0 Å². The Balaban J connectivity index is 1.95. The van der Waals surface area contributed by atoms with Crippen LogP contribution in [0.25, 0.3) is 0 Å². The van der Waals surface area contributed by atoms with Gasteiger partial charge in [-0.1, -0.05) is 0 Å². The summed E-state index contributed by atoms with van der Waals surface area (Å²) in [7, 11) is 2.03. The van der Waals surface area contributed by atoms with Crippen LogP contribution in [0.3, 0.4) is 0 Å². The van der Waals surface area contributed by atoms with Gasteiger partial charge in [-0.2, -0.15) is 5.10 Å². The van der Waals surface area contributed by atoms with E-state index >= 15 is 0 Å². The van der Waals surface area contributed by atoms with Crippen LogP contribution in [0.5, 0.6) is 0 Å². The fourth-order valence-electron chi connectivity index (χ4n) is 1.73. The van der Waals surface area contributed by atoms with Gasteiger partial charge in [0.1, 0.15) is 12.4 Å². The number of morpholine rings is 1. The standard InChI is InChI=1S/C9H14N4O3/c1-11-2-3-16-9(6-11)7-12-5-8(4-10-12)13(14)15/h4-5,9H,2-3,6-7H2,1H3/t9-/m1/s1. The molecule has 0 amide bonds. The van der Waals surface area contributed by atoms with Gasteiger partial charge in [0.15, 0.2) is 0 Å². The summed E-state index contributed by atoms with van der Waals surface area (Å²) in [6.07, 6.45) is 2.74. The van der Waals surface area contributed by atoms with Crippen molar-refractivity contribution in [3.8, 4) is 0 Å². The minimum atomic E-state index is -0.447. The molecular weight excluding hydrogens is 212 g/mol. The average molecular weight is 226 g/mol. The number of likely N-dealkylation sites (N-methyl/N-ethyl adjacent to an activating group) is 1. The molecule has 88 valence electrons. The van der Waals surface area contributed by atoms with Crippen LogP contribution < -0.4 is 0 Å². The van der Waals surface area contributed by atoms with E-state index in [1.807, 2.05) is 7.05 Å². The first-order valence-corrected chi connectivity index (χ1v) is 5.12. The van der Waals surface area contributed by atoms with Gasteiger partial charge >= 0.3 is 5.69 Å². The van der Waals surface area contributed by atoms with Crippen molar-refractivity contribution in [2.24, 2.45) is 0 Å². The Morgan fingerprint density at radius 2 is 2.56 bits per heavy atom. The van der Waals surface area contributed by atoms with Crippen LogP contribution in [0, 0.1) is 10.1 Å². The largest absolute Gasteiger partial charge is 0.374 e. The number of nitro groups is 1. The molecule has 7 heteroatoms. The monoisotopic (exact) mass is 226 g/mol. The van der Waals surface area contributed by atoms with E-state index in [4.69, 9.17) is 4.74 Å². The topological polar surface area (TPSA) is 73.4 Å². The molecule has 0 bridgehead atoms. The molecule has 1 aliphatic rings. The highest BCUT2D eigenvalue weighted by molar-refractivity contribution is 5.20. The molecule has 2 heterocycles. The SMILES string of the molecule is CN1CCO[C@@H](Cn2cc([N+](=O)[O-])cn2)C1. The molecule has 0 unspecified atom stereocenters. The molecular formula is C9H14N4O3. The van der Waals surface area contributed by atoms with Crippen molar-refractivity contribution in [1.29, 1.82) is 0 Å². The third-order valence-corrected chi connectivity index (χ3v) is 2.56. The minimum absolute atomic E-state index is 0.0177. The highest BCUT2D eigenvalue weighted by atomic mass is 16.6. The van der Waals surface area contributed by atoms with Crippen LogP contribution in [0.2, 0.25) is 0 Å². The molecule has 1 aromatic heterocycles. The summed E-state index contributed by atoms with van der Waals surface area (Å²) in [5.74, 6) is 0. The zero-order valence-electron chi connectivity index (χ0n) is 9.07. The summed E-state index contributed by atoms with van der Waals surface area (Å²) in [5, 5.41) is 14.4. The van der Waals surface area contributed by atoms with E-state index < -0.39 is 4.92 Å². The van der Waals surface area contributed by atoms with Crippen LogP contribution >= 0.6 is 0 Å². The smallest absolute Gasteiger partial charge is 0.306 e. The van der Waals surface area contributed by atoms with Crippen molar-refractivity contribution in [3.63, 3.8) is 0 Å². The summed E-state index contributed by atoms with van der Waals surface area (Å²) < 4.78 is 7.11. The van der Waals surface area contributed by atoms with Gasteiger partial charge in [0.05, 0.1) is 24.2 Å². The van der Waals surface area contributed by atoms with Gasteiger partial charge in [-0.05, 0) is 7.05 Å². The Labute approximate surface area is 92.7 Å². The number of hydrogen-bond donors (Lipinski definition) is 0. The van der Waals surface area contributed by atoms with E-state index in [-0.39, 0.29) is 11.8 Å². The molecule has 0 spiro atoms. The van der Waals surface area contributed by atoms with E-state index in [1.165, 1.54) is 12.4 Å². The summed E-state index contributed by atoms with van der Waals surface area (Å²) in [4.78, 5) is 12.2. The van der Waals surface area contributed by atoms with Gasteiger partial charge in [0, 0.05) is 13.1 Å². The van der Waals surface area contributed by atoms with E-state index in [1.54, 1.807) is 4.68 Å². The predicted octanol–water partition coefficient (Wildman–Crippen LogP) is 0.122. The summed E-state index contributed by atoms with van der Waals surface area (Å²) in [6, 6.07) is 0. The maximum Gasteiger partial charge on any atom is 0.306 e. The predicted molar refractivity (Wildman–Crippen MR) is 56.1 cm³/mol. The maximum absolute atomic E-state index is 10.5. The average Bonchev–Trinajstić information content (AvgIpc) is 2.66. The van der Waals surface area contributed by atoms with E-state index in [0.717, 1.165) is 13.1 Å². The molecule has 0 N–H and O–H groups in total. The second-order valence-electron chi connectivity index (χ2n) is 3.93. The molecule has 0 aromatic carbocycles. The first-order valence-electron chi connectivity index (χ1n) is 5.12. The summed E-state index contributed by atoms with van der Waals surface area (Å²) in [5.41, 5.74) is 0.0177. The van der Waals surface area contributed by atoms with Gasteiger partial charge in [-0.25, -0.2) is 0 Å². The Morgan fingerprint density at radius 3 is 3.19 bits per heavy atom. The van der Waals surface area contributed by atoms with Crippen molar-refractivity contribution in [3.05, 3.63) is 22.5 Å². The highest BCUT2D eigenvalue weighted by Crippen LogP contribution is 2.10. The van der Waals surface area contributed by atoms with Crippen molar-refractivity contribution in [2.45, 2.75) is 12.6 Å². The van der Waals surface area contributed by atoms with Crippen molar-refractivity contribution < 1.29 is 9.66 Å². The summed E-state index contributed by atoms with van der Waals surface area (Å²) in [6.45, 7) is 3.01. The minimum Gasteiger partial charge on any atom is -0.374 e. The number of aromatic nitrogens is 2. The first-order chi connectivity index (χ1) is 7.65. The fraction of sp³-hybridized carbons (Fsp3) is 0.667. The molecule has 1 aliphatic heterocycles. The Morgan fingerprint density at radius 1 is 1.75 bits per heavy atom. The lowest BCUT2D eigenvalue weighted by atomic mass is 10.3. The highest BCUT2D eigenvalue weighted by Gasteiger charge is 2.19.